The predicted molar refractivity (Wildman–Crippen MR) is 95.4 cm³/mol. The van der Waals surface area contributed by atoms with Gasteiger partial charge in [-0.05, 0) is 31.5 Å². The zero-order valence-electron chi connectivity index (χ0n) is 14.6. The van der Waals surface area contributed by atoms with Crippen LogP contribution in [-0.2, 0) is 22.8 Å². The minimum Gasteiger partial charge on any atom is -0.359 e. The minimum absolute atomic E-state index is 0.245. The van der Waals surface area contributed by atoms with Crippen molar-refractivity contribution in [2.75, 3.05) is 18.2 Å². The summed E-state index contributed by atoms with van der Waals surface area (Å²) in [6, 6.07) is 6.82. The molecule has 0 amide bonds. The average molecular weight is 360 g/mol. The number of anilines is 1. The molecule has 0 saturated carbocycles. The van der Waals surface area contributed by atoms with Gasteiger partial charge in [-0.15, -0.1) is 0 Å². The summed E-state index contributed by atoms with van der Waals surface area (Å²) in [6.07, 6.45) is 2.00. The third-order valence-electron chi connectivity index (χ3n) is 3.98. The molecule has 1 aromatic carbocycles. The van der Waals surface area contributed by atoms with Crippen LogP contribution in [0, 0.1) is 6.92 Å². The number of aromatic nitrogens is 3. The van der Waals surface area contributed by atoms with Crippen molar-refractivity contribution in [2.45, 2.75) is 31.7 Å². The first kappa shape index (κ1) is 17.3. The van der Waals surface area contributed by atoms with E-state index in [4.69, 9.17) is 4.52 Å². The lowest BCUT2D eigenvalue weighted by Gasteiger charge is -2.16. The molecule has 2 aromatic heterocycles. The van der Waals surface area contributed by atoms with Crippen LogP contribution in [0.3, 0.4) is 0 Å². The molecular formula is C17H20N4O3S. The topological polar surface area (TPSA) is 89.2 Å². The summed E-state index contributed by atoms with van der Waals surface area (Å²) in [5, 5.41) is 4.81. The Balaban J connectivity index is 1.97. The maximum Gasteiger partial charge on any atom is 0.226 e. The van der Waals surface area contributed by atoms with Crippen LogP contribution in [0.1, 0.15) is 24.1 Å². The highest BCUT2D eigenvalue weighted by Gasteiger charge is 2.14. The number of hydrogen-bond donors (Lipinski definition) is 0. The van der Waals surface area contributed by atoms with Crippen molar-refractivity contribution in [3.05, 3.63) is 41.4 Å². The lowest BCUT2D eigenvalue weighted by Crippen LogP contribution is -2.19. The SMILES string of the molecule is CCc1cc(CN(C)c2nc(C)c3ccc(S(C)(=O)=O)cc3n2)on1. The third-order valence-corrected chi connectivity index (χ3v) is 5.09. The molecule has 132 valence electrons. The van der Waals surface area contributed by atoms with Gasteiger partial charge in [0.25, 0.3) is 0 Å². The number of fused-ring (bicyclic) bond motifs is 1. The second-order valence-electron chi connectivity index (χ2n) is 6.05. The molecular weight excluding hydrogens is 340 g/mol. The van der Waals surface area contributed by atoms with Gasteiger partial charge >= 0.3 is 0 Å². The predicted octanol–water partition coefficient (Wildman–Crippen LogP) is 2.53. The zero-order valence-corrected chi connectivity index (χ0v) is 15.5. The van der Waals surface area contributed by atoms with E-state index in [1.807, 2.05) is 31.9 Å². The van der Waals surface area contributed by atoms with Crippen molar-refractivity contribution >= 4 is 26.7 Å². The molecule has 3 rings (SSSR count). The standard InChI is InChI=1S/C17H20N4O3S/c1-5-12-8-13(24-20-12)10-21(3)17-18-11(2)15-7-6-14(25(4,22)23)9-16(15)19-17/h6-9H,5,10H2,1-4H3. The minimum atomic E-state index is -3.29. The number of aryl methyl sites for hydroxylation is 2. The largest absolute Gasteiger partial charge is 0.359 e. The lowest BCUT2D eigenvalue weighted by atomic mass is 10.2. The Bertz CT molecular complexity index is 1030. The maximum atomic E-state index is 11.8. The quantitative estimate of drug-likeness (QED) is 0.690. The highest BCUT2D eigenvalue weighted by Crippen LogP contribution is 2.23. The smallest absolute Gasteiger partial charge is 0.226 e. The number of sulfone groups is 1. The van der Waals surface area contributed by atoms with Gasteiger partial charge in [-0.25, -0.2) is 18.4 Å². The van der Waals surface area contributed by atoms with Gasteiger partial charge in [-0.2, -0.15) is 0 Å². The number of hydrogen-bond acceptors (Lipinski definition) is 7. The van der Waals surface area contributed by atoms with E-state index in [0.29, 0.717) is 18.0 Å². The molecule has 0 radical (unpaired) electrons. The van der Waals surface area contributed by atoms with Crippen molar-refractivity contribution in [3.8, 4) is 0 Å². The number of nitrogens with zero attached hydrogens (tertiary/aromatic N) is 4. The summed E-state index contributed by atoms with van der Waals surface area (Å²) >= 11 is 0. The molecule has 3 aromatic rings. The summed E-state index contributed by atoms with van der Waals surface area (Å²) < 4.78 is 28.9. The average Bonchev–Trinajstić information content (AvgIpc) is 3.01. The van der Waals surface area contributed by atoms with Crippen molar-refractivity contribution < 1.29 is 12.9 Å². The highest BCUT2D eigenvalue weighted by atomic mass is 32.2. The second kappa shape index (κ2) is 6.44. The summed E-state index contributed by atoms with van der Waals surface area (Å²) in [4.78, 5) is 11.1. The summed E-state index contributed by atoms with van der Waals surface area (Å²) in [5.74, 6) is 1.23. The fraction of sp³-hybridized carbons (Fsp3) is 0.353. The molecule has 0 spiro atoms. The summed E-state index contributed by atoms with van der Waals surface area (Å²) in [6.45, 7) is 4.37. The van der Waals surface area contributed by atoms with Crippen LogP contribution < -0.4 is 4.90 Å². The van der Waals surface area contributed by atoms with E-state index < -0.39 is 9.84 Å². The fourth-order valence-electron chi connectivity index (χ4n) is 2.56. The van der Waals surface area contributed by atoms with Crippen molar-refractivity contribution in [2.24, 2.45) is 0 Å². The molecule has 7 nitrogen and oxygen atoms in total. The van der Waals surface area contributed by atoms with Crippen LogP contribution in [0.2, 0.25) is 0 Å². The van der Waals surface area contributed by atoms with E-state index in [9.17, 15) is 8.42 Å². The molecule has 0 atom stereocenters. The molecule has 0 aliphatic carbocycles. The Hall–Kier alpha value is -2.48. The van der Waals surface area contributed by atoms with Crippen molar-refractivity contribution in [3.63, 3.8) is 0 Å². The van der Waals surface area contributed by atoms with E-state index in [2.05, 4.69) is 15.1 Å². The zero-order chi connectivity index (χ0) is 18.2. The first-order valence-corrected chi connectivity index (χ1v) is 9.81. The summed E-state index contributed by atoms with van der Waals surface area (Å²) in [5.41, 5.74) is 2.29. The van der Waals surface area contributed by atoms with Gasteiger partial charge in [-0.3, -0.25) is 0 Å². The Morgan fingerprint density at radius 1 is 1.20 bits per heavy atom. The van der Waals surface area contributed by atoms with Crippen molar-refractivity contribution in [1.82, 2.24) is 15.1 Å². The fourth-order valence-corrected chi connectivity index (χ4v) is 3.20. The van der Waals surface area contributed by atoms with Gasteiger partial charge in [0.2, 0.25) is 5.95 Å². The maximum absolute atomic E-state index is 11.8. The normalized spacial score (nSPS) is 11.8. The Morgan fingerprint density at radius 3 is 2.60 bits per heavy atom. The van der Waals surface area contributed by atoms with Crippen LogP contribution >= 0.6 is 0 Å². The molecule has 0 bridgehead atoms. The lowest BCUT2D eigenvalue weighted by molar-refractivity contribution is 0.377. The van der Waals surface area contributed by atoms with Gasteiger partial charge < -0.3 is 9.42 Å². The molecule has 0 unspecified atom stereocenters. The molecule has 0 aliphatic heterocycles. The molecule has 25 heavy (non-hydrogen) atoms. The molecule has 2 heterocycles. The number of rotatable bonds is 5. The second-order valence-corrected chi connectivity index (χ2v) is 8.07. The van der Waals surface area contributed by atoms with Crippen molar-refractivity contribution in [1.29, 1.82) is 0 Å². The van der Waals surface area contributed by atoms with E-state index in [1.54, 1.807) is 18.2 Å². The van der Waals surface area contributed by atoms with E-state index >= 15 is 0 Å². The van der Waals surface area contributed by atoms with E-state index in [0.717, 1.165) is 29.0 Å². The Labute approximate surface area is 146 Å². The molecule has 0 N–H and O–H groups in total. The molecule has 8 heteroatoms. The third kappa shape index (κ3) is 3.63. The first-order valence-electron chi connectivity index (χ1n) is 7.92. The van der Waals surface area contributed by atoms with E-state index in [1.165, 1.54) is 6.26 Å². The van der Waals surface area contributed by atoms with E-state index in [-0.39, 0.29) is 4.90 Å². The van der Waals surface area contributed by atoms with Gasteiger partial charge in [-0.1, -0.05) is 12.1 Å². The van der Waals surface area contributed by atoms with Crippen LogP contribution in [-0.4, -0.2) is 36.8 Å². The number of benzene rings is 1. The van der Waals surface area contributed by atoms with Crippen LogP contribution in [0.5, 0.6) is 0 Å². The monoisotopic (exact) mass is 360 g/mol. The first-order chi connectivity index (χ1) is 11.8. The van der Waals surface area contributed by atoms with Crippen LogP contribution in [0.25, 0.3) is 10.9 Å². The Morgan fingerprint density at radius 2 is 1.96 bits per heavy atom. The van der Waals surface area contributed by atoms with Gasteiger partial charge in [0.15, 0.2) is 15.6 Å². The summed E-state index contributed by atoms with van der Waals surface area (Å²) in [7, 11) is -1.43. The van der Waals surface area contributed by atoms with Crippen LogP contribution in [0.4, 0.5) is 5.95 Å². The van der Waals surface area contributed by atoms with Gasteiger partial charge in [0.1, 0.15) is 0 Å². The van der Waals surface area contributed by atoms with Gasteiger partial charge in [0, 0.05) is 24.8 Å². The highest BCUT2D eigenvalue weighted by molar-refractivity contribution is 7.90. The Kier molecular flexibility index (Phi) is 4.47. The van der Waals surface area contributed by atoms with Gasteiger partial charge in [0.05, 0.1) is 28.3 Å². The van der Waals surface area contributed by atoms with Crippen LogP contribution in [0.15, 0.2) is 33.7 Å². The molecule has 0 fully saturated rings. The molecule has 0 aliphatic rings. The molecule has 0 saturated heterocycles.